The van der Waals surface area contributed by atoms with Gasteiger partial charge in [0.1, 0.15) is 16.7 Å². The first kappa shape index (κ1) is 18.2. The Labute approximate surface area is 156 Å². The van der Waals surface area contributed by atoms with Gasteiger partial charge in [-0.15, -0.1) is 0 Å². The Morgan fingerprint density at radius 3 is 2.59 bits per heavy atom. The molecule has 1 aromatic heterocycles. The number of allylic oxidation sites excluding steroid dienone is 1. The van der Waals surface area contributed by atoms with Gasteiger partial charge in [-0.2, -0.15) is 5.26 Å². The predicted octanol–water partition coefficient (Wildman–Crippen LogP) is 0.864. The summed E-state index contributed by atoms with van der Waals surface area (Å²) in [6.07, 6.45) is 0. The second-order valence-electron chi connectivity index (χ2n) is 5.82. The van der Waals surface area contributed by atoms with Crippen LogP contribution in [0, 0.1) is 21.4 Å². The molecule has 1 aliphatic heterocycles. The van der Waals surface area contributed by atoms with Gasteiger partial charge in [0.05, 0.1) is 16.4 Å². The van der Waals surface area contributed by atoms with E-state index in [4.69, 9.17) is 22.1 Å². The first-order valence-electron chi connectivity index (χ1n) is 7.50. The minimum absolute atomic E-state index is 0.0260. The first-order chi connectivity index (χ1) is 12.7. The monoisotopic (exact) mass is 389 g/mol. The third-order valence-corrected chi connectivity index (χ3v) is 4.63. The van der Waals surface area contributed by atoms with Crippen molar-refractivity contribution >= 4 is 17.3 Å². The molecule has 1 aromatic carbocycles. The molecule has 2 aromatic rings. The number of ether oxygens (including phenoxy) is 1. The van der Waals surface area contributed by atoms with E-state index in [-0.39, 0.29) is 39.2 Å². The maximum atomic E-state index is 12.8. The van der Waals surface area contributed by atoms with E-state index in [0.717, 1.165) is 15.2 Å². The highest BCUT2D eigenvalue weighted by atomic mass is 35.5. The van der Waals surface area contributed by atoms with Crippen molar-refractivity contribution in [2.75, 3.05) is 0 Å². The number of nitro benzene ring substituents is 1. The van der Waals surface area contributed by atoms with E-state index in [1.807, 2.05) is 6.07 Å². The van der Waals surface area contributed by atoms with Crippen LogP contribution in [-0.2, 0) is 14.1 Å². The Kier molecular flexibility index (Phi) is 4.25. The molecule has 27 heavy (non-hydrogen) atoms. The summed E-state index contributed by atoms with van der Waals surface area (Å²) in [7, 11) is 2.66. The fraction of sp³-hybridized carbons (Fsp3) is 0.188. The number of nitro groups is 1. The van der Waals surface area contributed by atoms with Crippen LogP contribution < -0.4 is 21.7 Å². The second kappa shape index (κ2) is 6.30. The maximum absolute atomic E-state index is 12.8. The van der Waals surface area contributed by atoms with E-state index in [2.05, 4.69) is 0 Å². The topological polar surface area (TPSA) is 146 Å². The molecule has 138 valence electrons. The second-order valence-corrected chi connectivity index (χ2v) is 6.22. The molecule has 0 saturated carbocycles. The number of aromatic nitrogens is 2. The molecule has 2 N–H and O–H groups in total. The van der Waals surface area contributed by atoms with Crippen LogP contribution in [0.4, 0.5) is 5.69 Å². The van der Waals surface area contributed by atoms with Crippen LogP contribution >= 0.6 is 11.6 Å². The van der Waals surface area contributed by atoms with E-state index >= 15 is 0 Å². The van der Waals surface area contributed by atoms with Gasteiger partial charge in [-0.1, -0.05) is 17.7 Å². The van der Waals surface area contributed by atoms with Gasteiger partial charge < -0.3 is 10.5 Å². The van der Waals surface area contributed by atoms with Crippen molar-refractivity contribution < 1.29 is 9.66 Å². The van der Waals surface area contributed by atoms with Gasteiger partial charge in [-0.3, -0.25) is 24.0 Å². The molecule has 2 heterocycles. The van der Waals surface area contributed by atoms with Gasteiger partial charge in [0.15, 0.2) is 0 Å². The average Bonchev–Trinajstić information content (AvgIpc) is 2.63. The van der Waals surface area contributed by atoms with Gasteiger partial charge in [0.25, 0.3) is 11.2 Å². The van der Waals surface area contributed by atoms with Crippen molar-refractivity contribution in [2.45, 2.75) is 5.92 Å². The summed E-state index contributed by atoms with van der Waals surface area (Å²) < 4.78 is 7.30. The van der Waals surface area contributed by atoms with Crippen LogP contribution in [0.3, 0.4) is 0 Å². The molecular formula is C16H12ClN5O5. The van der Waals surface area contributed by atoms with Crippen LogP contribution in [0.5, 0.6) is 5.88 Å². The van der Waals surface area contributed by atoms with Gasteiger partial charge in [0.2, 0.25) is 11.8 Å². The van der Waals surface area contributed by atoms with Gasteiger partial charge in [-0.05, 0) is 11.6 Å². The zero-order valence-corrected chi connectivity index (χ0v) is 14.9. The molecule has 0 saturated heterocycles. The van der Waals surface area contributed by atoms with Crippen LogP contribution in [-0.4, -0.2) is 14.1 Å². The fourth-order valence-corrected chi connectivity index (χ4v) is 3.16. The highest BCUT2D eigenvalue weighted by Crippen LogP contribution is 2.41. The van der Waals surface area contributed by atoms with Crippen LogP contribution in [0.2, 0.25) is 5.02 Å². The molecule has 1 atom stereocenters. The molecule has 0 fully saturated rings. The smallest absolute Gasteiger partial charge is 0.333 e. The number of benzene rings is 1. The Bertz CT molecular complexity index is 1190. The van der Waals surface area contributed by atoms with Crippen LogP contribution in [0.25, 0.3) is 0 Å². The molecular weight excluding hydrogens is 378 g/mol. The number of hydrogen-bond acceptors (Lipinski definition) is 7. The summed E-state index contributed by atoms with van der Waals surface area (Å²) in [6.45, 7) is 0. The number of halogens is 1. The number of fused-ring (bicyclic) bond motifs is 1. The number of nitrogens with two attached hydrogens (primary N) is 1. The number of rotatable bonds is 2. The molecule has 0 amide bonds. The molecule has 0 spiro atoms. The van der Waals surface area contributed by atoms with Crippen molar-refractivity contribution in [3.8, 4) is 11.9 Å². The van der Waals surface area contributed by atoms with Gasteiger partial charge in [0, 0.05) is 20.2 Å². The zero-order chi connectivity index (χ0) is 20.0. The third kappa shape index (κ3) is 2.65. The van der Waals surface area contributed by atoms with Gasteiger partial charge >= 0.3 is 5.69 Å². The number of nitrogens with zero attached hydrogens (tertiary/aromatic N) is 4. The van der Waals surface area contributed by atoms with Crippen molar-refractivity contribution in [2.24, 2.45) is 19.8 Å². The average molecular weight is 390 g/mol. The van der Waals surface area contributed by atoms with E-state index in [1.165, 1.54) is 26.2 Å². The van der Waals surface area contributed by atoms with Crippen molar-refractivity contribution in [3.63, 3.8) is 0 Å². The molecule has 0 radical (unpaired) electrons. The summed E-state index contributed by atoms with van der Waals surface area (Å²) >= 11 is 5.85. The lowest BCUT2D eigenvalue weighted by molar-refractivity contribution is -0.384. The minimum atomic E-state index is -1.06. The molecule has 0 bridgehead atoms. The largest absolute Gasteiger partial charge is 0.423 e. The Morgan fingerprint density at radius 1 is 1.33 bits per heavy atom. The van der Waals surface area contributed by atoms with Crippen LogP contribution in [0.15, 0.2) is 39.2 Å². The summed E-state index contributed by atoms with van der Waals surface area (Å²) in [6, 6.07) is 5.78. The molecule has 11 heteroatoms. The van der Waals surface area contributed by atoms with E-state index in [0.29, 0.717) is 0 Å². The predicted molar refractivity (Wildman–Crippen MR) is 94.3 cm³/mol. The number of hydrogen-bond donors (Lipinski definition) is 1. The van der Waals surface area contributed by atoms with Crippen molar-refractivity contribution in [1.29, 1.82) is 5.26 Å². The lowest BCUT2D eigenvalue weighted by atomic mass is 9.85. The van der Waals surface area contributed by atoms with E-state index in [1.54, 1.807) is 0 Å². The fourth-order valence-electron chi connectivity index (χ4n) is 2.97. The molecule has 3 rings (SSSR count). The quantitative estimate of drug-likeness (QED) is 0.591. The summed E-state index contributed by atoms with van der Waals surface area (Å²) in [5.41, 5.74) is 4.20. The van der Waals surface area contributed by atoms with Crippen LogP contribution in [0.1, 0.15) is 17.0 Å². The molecule has 10 nitrogen and oxygen atoms in total. The summed E-state index contributed by atoms with van der Waals surface area (Å²) in [4.78, 5) is 35.5. The van der Waals surface area contributed by atoms with E-state index in [9.17, 15) is 25.0 Å². The summed E-state index contributed by atoms with van der Waals surface area (Å²) in [5.74, 6) is -1.47. The zero-order valence-electron chi connectivity index (χ0n) is 14.1. The third-order valence-electron chi connectivity index (χ3n) is 4.31. The lowest BCUT2D eigenvalue weighted by Crippen LogP contribution is -2.42. The molecule has 1 unspecified atom stereocenters. The molecule has 0 aliphatic carbocycles. The van der Waals surface area contributed by atoms with Crippen molar-refractivity contribution in [3.05, 3.63) is 76.8 Å². The Morgan fingerprint density at radius 2 is 2.00 bits per heavy atom. The highest BCUT2D eigenvalue weighted by molar-refractivity contribution is 6.32. The Hall–Kier alpha value is -3.58. The SMILES string of the molecule is Cn1c2c(c(=O)n(C)c1=O)C(c1ccc(Cl)c([N+](=O)[O-])c1)C(C#N)=C(N)O2. The van der Waals surface area contributed by atoms with E-state index < -0.39 is 22.1 Å². The lowest BCUT2D eigenvalue weighted by Gasteiger charge is -2.27. The normalized spacial score (nSPS) is 15.7. The van der Waals surface area contributed by atoms with Gasteiger partial charge in [-0.25, -0.2) is 4.79 Å². The number of nitriles is 1. The summed E-state index contributed by atoms with van der Waals surface area (Å²) in [5, 5.41) is 20.7. The Balaban J connectivity index is 2.42. The minimum Gasteiger partial charge on any atom is -0.423 e. The maximum Gasteiger partial charge on any atom is 0.333 e. The first-order valence-corrected chi connectivity index (χ1v) is 7.88. The van der Waals surface area contributed by atoms with Crippen molar-refractivity contribution in [1.82, 2.24) is 9.13 Å². The molecule has 1 aliphatic rings. The highest BCUT2D eigenvalue weighted by Gasteiger charge is 2.36. The standard InChI is InChI=1S/C16H12ClN5O5/c1-20-14(23)12-11(7-3-4-9(17)10(5-7)22(25)26)8(6-18)13(19)27-15(12)21(2)16(20)24/h3-5,11H,19H2,1-2H3.